The maximum Gasteiger partial charge on any atom is 0.229 e. The first-order valence-electron chi connectivity index (χ1n) is 6.05. The fourth-order valence-electron chi connectivity index (χ4n) is 2.66. The lowest BCUT2D eigenvalue weighted by atomic mass is 9.81. The van der Waals surface area contributed by atoms with E-state index in [1.165, 1.54) is 4.90 Å². The largest absolute Gasteiger partial charge is 0.317 e. The molecule has 0 aromatic carbocycles. The Morgan fingerprint density at radius 2 is 1.62 bits per heavy atom. The molecule has 0 atom stereocenters. The van der Waals surface area contributed by atoms with E-state index in [2.05, 4.69) is 5.32 Å². The molecule has 90 valence electrons. The molecule has 2 heterocycles. The smallest absolute Gasteiger partial charge is 0.229 e. The minimum Gasteiger partial charge on any atom is -0.317 e. The molecular weight excluding hydrogens is 204 g/mol. The van der Waals surface area contributed by atoms with Crippen molar-refractivity contribution in [1.29, 1.82) is 0 Å². The number of likely N-dealkylation sites (tertiary alicyclic amines) is 1. The molecule has 0 aromatic rings. The van der Waals surface area contributed by atoms with Crippen LogP contribution in [0.4, 0.5) is 0 Å². The Labute approximate surface area is 96.4 Å². The Kier molecular flexibility index (Phi) is 3.02. The van der Waals surface area contributed by atoms with Gasteiger partial charge in [0.05, 0.1) is 0 Å². The van der Waals surface area contributed by atoms with Crippen LogP contribution in [0.25, 0.3) is 0 Å². The van der Waals surface area contributed by atoms with Crippen LogP contribution in [0.2, 0.25) is 0 Å². The summed E-state index contributed by atoms with van der Waals surface area (Å²) in [5.74, 6) is 0.0429. The molecule has 0 radical (unpaired) electrons. The topological polar surface area (TPSA) is 49.4 Å². The Hall–Kier alpha value is -0.900. The fraction of sp³-hybridized carbons (Fsp3) is 0.833. The molecule has 2 rings (SSSR count). The van der Waals surface area contributed by atoms with Gasteiger partial charge in [0.1, 0.15) is 0 Å². The van der Waals surface area contributed by atoms with Gasteiger partial charge in [-0.25, -0.2) is 0 Å². The molecule has 0 aliphatic carbocycles. The lowest BCUT2D eigenvalue weighted by Gasteiger charge is -2.40. The molecule has 0 saturated carbocycles. The second-order valence-electron chi connectivity index (χ2n) is 5.66. The molecule has 4 nitrogen and oxygen atoms in total. The first-order chi connectivity index (χ1) is 7.49. The van der Waals surface area contributed by atoms with Gasteiger partial charge in [-0.2, -0.15) is 0 Å². The number of nitrogens with zero attached hydrogens (tertiary/aromatic N) is 1. The molecular formula is C12H20N2O2. The number of carbonyl (C=O) groups excluding carboxylic acids is 2. The highest BCUT2D eigenvalue weighted by atomic mass is 16.2. The molecule has 0 aromatic heterocycles. The Balaban J connectivity index is 2.09. The second-order valence-corrected chi connectivity index (χ2v) is 5.66. The zero-order chi connectivity index (χ0) is 11.8. The Morgan fingerprint density at radius 1 is 1.12 bits per heavy atom. The van der Waals surface area contributed by atoms with Gasteiger partial charge in [0.2, 0.25) is 11.8 Å². The maximum atomic E-state index is 12.0. The van der Waals surface area contributed by atoms with Gasteiger partial charge in [0.25, 0.3) is 0 Å². The standard InChI is InChI=1S/C12H20N2O2/c1-12(2)7-10(15)14(11(16)8-12)9-3-5-13-6-4-9/h9,13H,3-8H2,1-2H3. The summed E-state index contributed by atoms with van der Waals surface area (Å²) in [7, 11) is 0. The zero-order valence-electron chi connectivity index (χ0n) is 10.1. The van der Waals surface area contributed by atoms with Crippen LogP contribution in [0, 0.1) is 5.41 Å². The SMILES string of the molecule is CC1(C)CC(=O)N(C2CCNCC2)C(=O)C1. The molecule has 2 saturated heterocycles. The van der Waals surface area contributed by atoms with Crippen molar-refractivity contribution in [2.24, 2.45) is 5.41 Å². The average Bonchev–Trinajstić information content (AvgIpc) is 2.16. The van der Waals surface area contributed by atoms with E-state index in [0.29, 0.717) is 12.8 Å². The van der Waals surface area contributed by atoms with E-state index < -0.39 is 0 Å². The summed E-state index contributed by atoms with van der Waals surface area (Å²) in [6.07, 6.45) is 2.81. The number of hydrogen-bond acceptors (Lipinski definition) is 3. The van der Waals surface area contributed by atoms with Crippen LogP contribution in [0.5, 0.6) is 0 Å². The van der Waals surface area contributed by atoms with Crippen LogP contribution in [-0.4, -0.2) is 35.8 Å². The predicted octanol–water partition coefficient (Wildman–Crippen LogP) is 0.914. The van der Waals surface area contributed by atoms with Crippen molar-refractivity contribution in [2.75, 3.05) is 13.1 Å². The average molecular weight is 224 g/mol. The quantitative estimate of drug-likeness (QED) is 0.674. The molecule has 0 unspecified atom stereocenters. The summed E-state index contributed by atoms with van der Waals surface area (Å²) in [5, 5.41) is 3.25. The van der Waals surface area contributed by atoms with Crippen molar-refractivity contribution in [3.63, 3.8) is 0 Å². The van der Waals surface area contributed by atoms with Crippen LogP contribution >= 0.6 is 0 Å². The van der Waals surface area contributed by atoms with E-state index in [1.807, 2.05) is 13.8 Å². The van der Waals surface area contributed by atoms with Crippen LogP contribution in [0.3, 0.4) is 0 Å². The molecule has 4 heteroatoms. The Bertz CT molecular complexity index is 286. The predicted molar refractivity (Wildman–Crippen MR) is 60.8 cm³/mol. The van der Waals surface area contributed by atoms with Gasteiger partial charge in [-0.1, -0.05) is 13.8 Å². The van der Waals surface area contributed by atoms with E-state index in [9.17, 15) is 9.59 Å². The van der Waals surface area contributed by atoms with Crippen molar-refractivity contribution in [2.45, 2.75) is 45.6 Å². The van der Waals surface area contributed by atoms with Crippen LogP contribution in [0.15, 0.2) is 0 Å². The first-order valence-corrected chi connectivity index (χ1v) is 6.05. The number of amides is 2. The van der Waals surface area contributed by atoms with Crippen LogP contribution in [-0.2, 0) is 9.59 Å². The van der Waals surface area contributed by atoms with Gasteiger partial charge < -0.3 is 5.32 Å². The number of hydrogen-bond donors (Lipinski definition) is 1. The van der Waals surface area contributed by atoms with Crippen molar-refractivity contribution < 1.29 is 9.59 Å². The minimum absolute atomic E-state index is 0.0214. The summed E-state index contributed by atoms with van der Waals surface area (Å²) in [4.78, 5) is 25.5. The second kappa shape index (κ2) is 4.17. The number of imide groups is 1. The van der Waals surface area contributed by atoms with Crippen LogP contribution in [0.1, 0.15) is 39.5 Å². The Morgan fingerprint density at radius 3 is 2.12 bits per heavy atom. The lowest BCUT2D eigenvalue weighted by Crippen LogP contribution is -2.53. The van der Waals surface area contributed by atoms with Gasteiger partial charge in [-0.3, -0.25) is 14.5 Å². The number of rotatable bonds is 1. The highest BCUT2D eigenvalue weighted by Crippen LogP contribution is 2.33. The van der Waals surface area contributed by atoms with E-state index in [0.717, 1.165) is 25.9 Å². The summed E-state index contributed by atoms with van der Waals surface area (Å²) >= 11 is 0. The third-order valence-corrected chi connectivity index (χ3v) is 3.47. The van der Waals surface area contributed by atoms with Gasteiger partial charge >= 0.3 is 0 Å². The molecule has 2 fully saturated rings. The molecule has 2 aliphatic heterocycles. The van der Waals surface area contributed by atoms with Crippen molar-refractivity contribution in [1.82, 2.24) is 10.2 Å². The van der Waals surface area contributed by atoms with Crippen molar-refractivity contribution in [3.8, 4) is 0 Å². The molecule has 2 amide bonds. The van der Waals surface area contributed by atoms with Gasteiger partial charge in [0.15, 0.2) is 0 Å². The summed E-state index contributed by atoms with van der Waals surface area (Å²) in [5.41, 5.74) is -0.155. The monoisotopic (exact) mass is 224 g/mol. The fourth-order valence-corrected chi connectivity index (χ4v) is 2.66. The zero-order valence-corrected chi connectivity index (χ0v) is 10.1. The van der Waals surface area contributed by atoms with E-state index in [4.69, 9.17) is 0 Å². The van der Waals surface area contributed by atoms with E-state index in [-0.39, 0.29) is 23.3 Å². The van der Waals surface area contributed by atoms with Crippen LogP contribution < -0.4 is 5.32 Å². The van der Waals surface area contributed by atoms with Gasteiger partial charge in [-0.15, -0.1) is 0 Å². The molecule has 1 N–H and O–H groups in total. The number of carbonyl (C=O) groups is 2. The van der Waals surface area contributed by atoms with E-state index >= 15 is 0 Å². The molecule has 2 aliphatic rings. The van der Waals surface area contributed by atoms with Gasteiger partial charge in [-0.05, 0) is 31.3 Å². The summed E-state index contributed by atoms with van der Waals surface area (Å²) < 4.78 is 0. The lowest BCUT2D eigenvalue weighted by molar-refractivity contribution is -0.156. The molecule has 16 heavy (non-hydrogen) atoms. The highest BCUT2D eigenvalue weighted by Gasteiger charge is 2.40. The third-order valence-electron chi connectivity index (χ3n) is 3.47. The maximum absolute atomic E-state index is 12.0. The number of nitrogens with one attached hydrogen (secondary N) is 1. The highest BCUT2D eigenvalue weighted by molar-refractivity contribution is 5.98. The number of piperidine rings is 2. The summed E-state index contributed by atoms with van der Waals surface area (Å²) in [6, 6.07) is 0.136. The van der Waals surface area contributed by atoms with Crippen molar-refractivity contribution in [3.05, 3.63) is 0 Å². The third kappa shape index (κ3) is 2.26. The molecule has 0 bridgehead atoms. The summed E-state index contributed by atoms with van der Waals surface area (Å²) in [6.45, 7) is 5.79. The normalized spacial score (nSPS) is 27.2. The minimum atomic E-state index is -0.155. The molecule has 0 spiro atoms. The van der Waals surface area contributed by atoms with Gasteiger partial charge in [0, 0.05) is 18.9 Å². The van der Waals surface area contributed by atoms with E-state index in [1.54, 1.807) is 0 Å². The first kappa shape index (κ1) is 11.6. The van der Waals surface area contributed by atoms with Crippen molar-refractivity contribution >= 4 is 11.8 Å².